The molecule has 110 valence electrons. The third-order valence-corrected chi connectivity index (χ3v) is 4.64. The maximum absolute atomic E-state index is 12.4. The Labute approximate surface area is 132 Å². The zero-order valence-corrected chi connectivity index (χ0v) is 13.2. The average molecular weight is 323 g/mol. The number of nitrogens with zero attached hydrogens (tertiary/aromatic N) is 4. The number of carbonyl (C=O) groups is 1. The second kappa shape index (κ2) is 5.99. The molecule has 1 amide bonds. The minimum absolute atomic E-state index is 0.0354. The average Bonchev–Trinajstić information content (AvgIpc) is 2.93. The molecule has 0 unspecified atom stereocenters. The fourth-order valence-corrected chi connectivity index (χ4v) is 3.22. The summed E-state index contributed by atoms with van der Waals surface area (Å²) in [4.78, 5) is 17.1. The monoisotopic (exact) mass is 322 g/mol. The van der Waals surface area contributed by atoms with Crippen LogP contribution in [0.5, 0.6) is 0 Å². The summed E-state index contributed by atoms with van der Waals surface area (Å²) >= 11 is 7.19. The highest BCUT2D eigenvalue weighted by molar-refractivity contribution is 7.07. The lowest BCUT2D eigenvalue weighted by Gasteiger charge is -2.36. The van der Waals surface area contributed by atoms with Crippen molar-refractivity contribution in [3.8, 4) is 0 Å². The van der Waals surface area contributed by atoms with Crippen LogP contribution < -0.4 is 4.90 Å². The molecule has 1 aromatic carbocycles. The number of hydrogen-bond donors (Lipinski definition) is 0. The van der Waals surface area contributed by atoms with Crippen molar-refractivity contribution in [1.29, 1.82) is 0 Å². The van der Waals surface area contributed by atoms with Gasteiger partial charge in [-0.25, -0.2) is 0 Å². The smallest absolute Gasteiger partial charge is 0.267 e. The number of benzene rings is 1. The Morgan fingerprint density at radius 2 is 2.05 bits per heavy atom. The molecule has 0 N–H and O–H groups in total. The third kappa shape index (κ3) is 3.01. The van der Waals surface area contributed by atoms with Gasteiger partial charge in [-0.05, 0) is 36.7 Å². The number of carbonyl (C=O) groups excluding carboxylic acids is 1. The minimum atomic E-state index is 0.0354. The normalized spacial score (nSPS) is 15.3. The van der Waals surface area contributed by atoms with E-state index in [1.54, 1.807) is 0 Å². The van der Waals surface area contributed by atoms with Gasteiger partial charge in [0.25, 0.3) is 5.91 Å². The molecule has 0 spiro atoms. The SMILES string of the molecule is Cc1nnsc1C(=O)N1CCN(c2cccc(Cl)c2)CC1. The Bertz CT molecular complexity index is 652. The fourth-order valence-electron chi connectivity index (χ4n) is 2.41. The van der Waals surface area contributed by atoms with E-state index in [1.807, 2.05) is 36.1 Å². The fraction of sp³-hybridized carbons (Fsp3) is 0.357. The van der Waals surface area contributed by atoms with Crippen molar-refractivity contribution >= 4 is 34.7 Å². The number of halogens is 1. The molecule has 1 aliphatic heterocycles. The minimum Gasteiger partial charge on any atom is -0.368 e. The van der Waals surface area contributed by atoms with Crippen molar-refractivity contribution in [1.82, 2.24) is 14.5 Å². The molecular weight excluding hydrogens is 308 g/mol. The molecule has 0 radical (unpaired) electrons. The van der Waals surface area contributed by atoms with Gasteiger partial charge < -0.3 is 9.80 Å². The molecule has 0 saturated carbocycles. The summed E-state index contributed by atoms with van der Waals surface area (Å²) < 4.78 is 3.83. The summed E-state index contributed by atoms with van der Waals surface area (Å²) in [5.41, 5.74) is 1.81. The summed E-state index contributed by atoms with van der Waals surface area (Å²) in [6, 6.07) is 7.81. The van der Waals surface area contributed by atoms with Crippen molar-refractivity contribution in [2.45, 2.75) is 6.92 Å². The van der Waals surface area contributed by atoms with E-state index >= 15 is 0 Å². The van der Waals surface area contributed by atoms with Crippen molar-refractivity contribution in [3.05, 3.63) is 39.9 Å². The first kappa shape index (κ1) is 14.3. The molecule has 7 heteroatoms. The number of piperazine rings is 1. The number of aryl methyl sites for hydroxylation is 1. The zero-order chi connectivity index (χ0) is 14.8. The standard InChI is InChI=1S/C14H15ClN4OS/c1-10-13(21-17-16-10)14(20)19-7-5-18(6-8-19)12-4-2-3-11(15)9-12/h2-4,9H,5-8H2,1H3. The maximum atomic E-state index is 12.4. The summed E-state index contributed by atoms with van der Waals surface area (Å²) in [6.07, 6.45) is 0. The van der Waals surface area contributed by atoms with Crippen molar-refractivity contribution in [2.24, 2.45) is 0 Å². The van der Waals surface area contributed by atoms with Gasteiger partial charge in [0.1, 0.15) is 4.88 Å². The Hall–Kier alpha value is -1.66. The van der Waals surface area contributed by atoms with Crippen LogP contribution in [0.3, 0.4) is 0 Å². The van der Waals surface area contributed by atoms with Crippen molar-refractivity contribution in [2.75, 3.05) is 31.1 Å². The quantitative estimate of drug-likeness (QED) is 0.852. The lowest BCUT2D eigenvalue weighted by Crippen LogP contribution is -2.48. The van der Waals surface area contributed by atoms with Gasteiger partial charge >= 0.3 is 0 Å². The van der Waals surface area contributed by atoms with Crippen LogP contribution >= 0.6 is 23.1 Å². The predicted octanol–water partition coefficient (Wildman–Crippen LogP) is 2.46. The Kier molecular flexibility index (Phi) is 4.07. The highest BCUT2D eigenvalue weighted by Crippen LogP contribution is 2.22. The molecule has 5 nitrogen and oxygen atoms in total. The van der Waals surface area contributed by atoms with Gasteiger partial charge in [0.05, 0.1) is 5.69 Å². The van der Waals surface area contributed by atoms with Crippen molar-refractivity contribution in [3.63, 3.8) is 0 Å². The van der Waals surface area contributed by atoms with Gasteiger partial charge in [-0.1, -0.05) is 22.2 Å². The number of aromatic nitrogens is 2. The van der Waals surface area contributed by atoms with E-state index in [9.17, 15) is 4.79 Å². The summed E-state index contributed by atoms with van der Waals surface area (Å²) in [6.45, 7) is 4.82. The van der Waals surface area contributed by atoms with Crippen LogP contribution in [0.25, 0.3) is 0 Å². The lowest BCUT2D eigenvalue weighted by atomic mass is 10.2. The van der Waals surface area contributed by atoms with E-state index in [1.165, 1.54) is 11.5 Å². The molecule has 3 rings (SSSR count). The second-order valence-corrected chi connectivity index (χ2v) is 6.14. The van der Waals surface area contributed by atoms with Crippen LogP contribution in [0.2, 0.25) is 5.02 Å². The number of rotatable bonds is 2. The van der Waals surface area contributed by atoms with E-state index in [0.29, 0.717) is 23.7 Å². The van der Waals surface area contributed by atoms with E-state index in [-0.39, 0.29) is 5.91 Å². The van der Waals surface area contributed by atoms with E-state index in [2.05, 4.69) is 14.5 Å². The molecule has 21 heavy (non-hydrogen) atoms. The van der Waals surface area contributed by atoms with Gasteiger partial charge in [-0.3, -0.25) is 4.79 Å². The molecule has 1 aromatic heterocycles. The van der Waals surface area contributed by atoms with E-state index in [4.69, 9.17) is 11.6 Å². The Morgan fingerprint density at radius 3 is 2.67 bits per heavy atom. The molecule has 1 fully saturated rings. The Balaban J connectivity index is 1.65. The molecule has 0 aliphatic carbocycles. The molecule has 1 aliphatic rings. The van der Waals surface area contributed by atoms with Gasteiger partial charge in [0.2, 0.25) is 0 Å². The summed E-state index contributed by atoms with van der Waals surface area (Å²) in [5, 5.41) is 4.63. The van der Waals surface area contributed by atoms with Crippen LogP contribution in [-0.2, 0) is 0 Å². The van der Waals surface area contributed by atoms with Crippen molar-refractivity contribution < 1.29 is 4.79 Å². The predicted molar refractivity (Wildman–Crippen MR) is 84.2 cm³/mol. The van der Waals surface area contributed by atoms with Crippen LogP contribution in [-0.4, -0.2) is 46.6 Å². The molecular formula is C14H15ClN4OS. The molecule has 2 aromatic rings. The lowest BCUT2D eigenvalue weighted by molar-refractivity contribution is 0.0750. The highest BCUT2D eigenvalue weighted by atomic mass is 35.5. The first-order valence-corrected chi connectivity index (χ1v) is 7.89. The number of anilines is 1. The topological polar surface area (TPSA) is 49.3 Å². The van der Waals surface area contributed by atoms with Gasteiger partial charge in [0.15, 0.2) is 0 Å². The number of hydrogen-bond acceptors (Lipinski definition) is 5. The van der Waals surface area contributed by atoms with Gasteiger partial charge in [0, 0.05) is 36.9 Å². The Morgan fingerprint density at radius 1 is 1.29 bits per heavy atom. The van der Waals surface area contributed by atoms with Crippen LogP contribution in [0, 0.1) is 6.92 Å². The van der Waals surface area contributed by atoms with Crippen LogP contribution in [0.15, 0.2) is 24.3 Å². The molecule has 0 bridgehead atoms. The highest BCUT2D eigenvalue weighted by Gasteiger charge is 2.25. The first-order chi connectivity index (χ1) is 10.1. The largest absolute Gasteiger partial charge is 0.368 e. The van der Waals surface area contributed by atoms with Gasteiger partial charge in [-0.15, -0.1) is 5.10 Å². The van der Waals surface area contributed by atoms with Gasteiger partial charge in [-0.2, -0.15) is 0 Å². The third-order valence-electron chi connectivity index (χ3n) is 3.59. The number of amides is 1. The van der Waals surface area contributed by atoms with Crippen LogP contribution in [0.1, 0.15) is 15.4 Å². The first-order valence-electron chi connectivity index (χ1n) is 6.74. The molecule has 1 saturated heterocycles. The molecule has 2 heterocycles. The van der Waals surface area contributed by atoms with E-state index in [0.717, 1.165) is 23.8 Å². The van der Waals surface area contributed by atoms with E-state index < -0.39 is 0 Å². The molecule has 0 atom stereocenters. The summed E-state index contributed by atoms with van der Waals surface area (Å²) in [7, 11) is 0. The zero-order valence-electron chi connectivity index (χ0n) is 11.6. The summed E-state index contributed by atoms with van der Waals surface area (Å²) in [5.74, 6) is 0.0354. The maximum Gasteiger partial charge on any atom is 0.267 e. The van der Waals surface area contributed by atoms with Crippen LogP contribution in [0.4, 0.5) is 5.69 Å². The second-order valence-electron chi connectivity index (χ2n) is 4.95.